The molecule has 118 valence electrons. The maximum Gasteiger partial charge on any atom is 0.259 e. The average molecular weight is 292 g/mol. The molecule has 0 aliphatic rings. The van der Waals surface area contributed by atoms with Crippen LogP contribution >= 0.6 is 0 Å². The van der Waals surface area contributed by atoms with E-state index in [1.807, 2.05) is 13.8 Å². The highest BCUT2D eigenvalue weighted by Gasteiger charge is 2.10. The van der Waals surface area contributed by atoms with Gasteiger partial charge in [0.2, 0.25) is 0 Å². The Bertz CT molecular complexity index is 459. The Balaban J connectivity index is 2.69. The van der Waals surface area contributed by atoms with E-state index in [1.165, 1.54) is 10.5 Å². The van der Waals surface area contributed by atoms with E-state index in [9.17, 15) is 4.79 Å². The van der Waals surface area contributed by atoms with Gasteiger partial charge in [-0.2, -0.15) is 0 Å². The number of hydrogen-bond donors (Lipinski definition) is 1. The summed E-state index contributed by atoms with van der Waals surface area (Å²) in [4.78, 5) is 13.1. The van der Waals surface area contributed by atoms with Crippen LogP contribution in [0.3, 0.4) is 0 Å². The van der Waals surface area contributed by atoms with Crippen LogP contribution in [-0.4, -0.2) is 38.1 Å². The topological polar surface area (TPSA) is 41.6 Å². The molecule has 0 fully saturated rings. The first-order valence-electron chi connectivity index (χ1n) is 7.45. The number of likely N-dealkylation sites (N-methyl/N-ethyl adjacent to an activating group) is 1. The van der Waals surface area contributed by atoms with Gasteiger partial charge in [-0.1, -0.05) is 26.0 Å². The van der Waals surface area contributed by atoms with Crippen molar-refractivity contribution in [1.82, 2.24) is 10.2 Å². The molecule has 1 aromatic carbocycles. The van der Waals surface area contributed by atoms with Crippen LogP contribution in [-0.2, 0) is 11.3 Å². The molecule has 21 heavy (non-hydrogen) atoms. The third-order valence-corrected chi connectivity index (χ3v) is 3.24. The number of hydrogen-bond acceptors (Lipinski definition) is 3. The monoisotopic (exact) mass is 292 g/mol. The molecular formula is C17H28N2O2. The minimum absolute atomic E-state index is 0.0310. The highest BCUT2D eigenvalue weighted by Crippen LogP contribution is 2.24. The number of benzene rings is 1. The Morgan fingerprint density at radius 3 is 2.29 bits per heavy atom. The lowest BCUT2D eigenvalue weighted by Crippen LogP contribution is -2.27. The Labute approximate surface area is 128 Å². The second kappa shape index (κ2) is 8.03. The van der Waals surface area contributed by atoms with Crippen LogP contribution in [0.5, 0.6) is 5.75 Å². The highest BCUT2D eigenvalue weighted by atomic mass is 16.5. The van der Waals surface area contributed by atoms with Gasteiger partial charge in [-0.15, -0.1) is 0 Å². The molecule has 0 saturated carbocycles. The van der Waals surface area contributed by atoms with Crippen molar-refractivity contribution in [3.05, 3.63) is 28.8 Å². The fourth-order valence-corrected chi connectivity index (χ4v) is 2.14. The lowest BCUT2D eigenvalue weighted by molar-refractivity contribution is -0.130. The van der Waals surface area contributed by atoms with Crippen LogP contribution in [0.15, 0.2) is 12.1 Å². The van der Waals surface area contributed by atoms with Gasteiger partial charge >= 0.3 is 0 Å². The van der Waals surface area contributed by atoms with Gasteiger partial charge in [-0.25, -0.2) is 0 Å². The van der Waals surface area contributed by atoms with Crippen molar-refractivity contribution in [2.75, 3.05) is 27.2 Å². The first-order chi connectivity index (χ1) is 9.81. The molecule has 0 radical (unpaired) electrons. The molecule has 4 heteroatoms. The van der Waals surface area contributed by atoms with Gasteiger partial charge in [-0.3, -0.25) is 4.79 Å². The molecule has 4 nitrogen and oxygen atoms in total. The molecule has 0 aliphatic heterocycles. The molecule has 0 saturated heterocycles. The van der Waals surface area contributed by atoms with Gasteiger partial charge < -0.3 is 15.0 Å². The summed E-state index contributed by atoms with van der Waals surface area (Å²) in [5.41, 5.74) is 3.39. The molecule has 0 spiro atoms. The number of carbonyl (C=O) groups is 1. The van der Waals surface area contributed by atoms with E-state index in [1.54, 1.807) is 14.1 Å². The van der Waals surface area contributed by atoms with E-state index in [2.05, 4.69) is 31.3 Å². The van der Waals surface area contributed by atoms with Crippen molar-refractivity contribution in [2.45, 2.75) is 34.2 Å². The molecule has 1 N–H and O–H groups in total. The molecule has 0 heterocycles. The Hall–Kier alpha value is -1.55. The third-order valence-electron chi connectivity index (χ3n) is 3.24. The summed E-state index contributed by atoms with van der Waals surface area (Å²) in [7, 11) is 3.46. The number of aryl methyl sites for hydroxylation is 2. The van der Waals surface area contributed by atoms with Gasteiger partial charge in [0, 0.05) is 20.6 Å². The summed E-state index contributed by atoms with van der Waals surface area (Å²) in [6, 6.07) is 4.24. The standard InChI is InChI=1S/C17H28N2O2/c1-12(2)9-18-10-15-7-13(3)17(14(4)8-15)21-11-16(20)19(5)6/h7-8,12,18H,9-11H2,1-6H3. The maximum atomic E-state index is 11.6. The zero-order valence-corrected chi connectivity index (χ0v) is 14.1. The SMILES string of the molecule is Cc1cc(CNCC(C)C)cc(C)c1OCC(=O)N(C)C. The first kappa shape index (κ1) is 17.5. The predicted molar refractivity (Wildman–Crippen MR) is 86.6 cm³/mol. The summed E-state index contributed by atoms with van der Waals surface area (Å²) in [6.45, 7) is 10.4. The number of ether oxygens (including phenoxy) is 1. The van der Waals surface area contributed by atoms with Crippen LogP contribution in [0.4, 0.5) is 0 Å². The van der Waals surface area contributed by atoms with E-state index in [0.717, 1.165) is 30.0 Å². The van der Waals surface area contributed by atoms with Crippen LogP contribution < -0.4 is 10.1 Å². The maximum absolute atomic E-state index is 11.6. The molecule has 1 rings (SSSR count). The Morgan fingerprint density at radius 2 is 1.81 bits per heavy atom. The molecule has 0 aromatic heterocycles. The van der Waals surface area contributed by atoms with E-state index in [-0.39, 0.29) is 12.5 Å². The summed E-state index contributed by atoms with van der Waals surface area (Å²) < 4.78 is 5.68. The van der Waals surface area contributed by atoms with E-state index >= 15 is 0 Å². The van der Waals surface area contributed by atoms with E-state index in [0.29, 0.717) is 5.92 Å². The molecule has 0 unspecified atom stereocenters. The quantitative estimate of drug-likeness (QED) is 0.839. The minimum atomic E-state index is -0.0310. The summed E-state index contributed by atoms with van der Waals surface area (Å²) >= 11 is 0. The predicted octanol–water partition coefficient (Wildman–Crippen LogP) is 2.52. The molecule has 1 amide bonds. The number of amides is 1. The second-order valence-corrected chi connectivity index (χ2v) is 6.16. The highest BCUT2D eigenvalue weighted by molar-refractivity contribution is 5.77. The van der Waals surface area contributed by atoms with Crippen LogP contribution in [0.25, 0.3) is 0 Å². The van der Waals surface area contributed by atoms with Crippen molar-refractivity contribution in [3.8, 4) is 5.75 Å². The van der Waals surface area contributed by atoms with Crippen LogP contribution in [0.1, 0.15) is 30.5 Å². The zero-order chi connectivity index (χ0) is 16.0. The smallest absolute Gasteiger partial charge is 0.259 e. The minimum Gasteiger partial charge on any atom is -0.483 e. The third kappa shape index (κ3) is 5.76. The van der Waals surface area contributed by atoms with Crippen molar-refractivity contribution in [3.63, 3.8) is 0 Å². The van der Waals surface area contributed by atoms with Crippen molar-refractivity contribution >= 4 is 5.91 Å². The molecular weight excluding hydrogens is 264 g/mol. The van der Waals surface area contributed by atoms with Gasteiger partial charge in [0.05, 0.1) is 0 Å². The lowest BCUT2D eigenvalue weighted by Gasteiger charge is -2.16. The summed E-state index contributed by atoms with van der Waals surface area (Å²) in [5, 5.41) is 3.44. The van der Waals surface area contributed by atoms with Crippen molar-refractivity contribution in [1.29, 1.82) is 0 Å². The largest absolute Gasteiger partial charge is 0.483 e. The zero-order valence-electron chi connectivity index (χ0n) is 14.1. The number of carbonyl (C=O) groups excluding carboxylic acids is 1. The van der Waals surface area contributed by atoms with Crippen LogP contribution in [0, 0.1) is 19.8 Å². The normalized spacial score (nSPS) is 10.8. The fourth-order valence-electron chi connectivity index (χ4n) is 2.14. The van der Waals surface area contributed by atoms with Gasteiger partial charge in [0.1, 0.15) is 5.75 Å². The molecule has 0 atom stereocenters. The van der Waals surface area contributed by atoms with Gasteiger partial charge in [0.25, 0.3) is 5.91 Å². The van der Waals surface area contributed by atoms with Crippen molar-refractivity contribution < 1.29 is 9.53 Å². The average Bonchev–Trinajstić information content (AvgIpc) is 2.36. The van der Waals surface area contributed by atoms with Crippen molar-refractivity contribution in [2.24, 2.45) is 5.92 Å². The Morgan fingerprint density at radius 1 is 1.24 bits per heavy atom. The molecule has 0 aliphatic carbocycles. The molecule has 0 bridgehead atoms. The number of nitrogens with one attached hydrogen (secondary N) is 1. The lowest BCUT2D eigenvalue weighted by atomic mass is 10.1. The summed E-state index contributed by atoms with van der Waals surface area (Å²) in [5.74, 6) is 1.43. The number of rotatable bonds is 7. The van der Waals surface area contributed by atoms with Crippen LogP contribution in [0.2, 0.25) is 0 Å². The first-order valence-corrected chi connectivity index (χ1v) is 7.45. The molecule has 1 aromatic rings. The second-order valence-electron chi connectivity index (χ2n) is 6.16. The van der Waals surface area contributed by atoms with E-state index in [4.69, 9.17) is 4.74 Å². The van der Waals surface area contributed by atoms with E-state index < -0.39 is 0 Å². The van der Waals surface area contributed by atoms with Gasteiger partial charge in [-0.05, 0) is 43.0 Å². The Kier molecular flexibility index (Phi) is 6.69. The number of nitrogens with zero attached hydrogens (tertiary/aromatic N) is 1. The summed E-state index contributed by atoms with van der Waals surface area (Å²) in [6.07, 6.45) is 0. The fraction of sp³-hybridized carbons (Fsp3) is 0.588. The van der Waals surface area contributed by atoms with Gasteiger partial charge in [0.15, 0.2) is 6.61 Å².